The van der Waals surface area contributed by atoms with E-state index in [0.29, 0.717) is 16.7 Å². The number of benzene rings is 1. The zero-order valence-electron chi connectivity index (χ0n) is 8.31. The van der Waals surface area contributed by atoms with Crippen molar-refractivity contribution in [2.24, 2.45) is 0 Å². The fourth-order valence-electron chi connectivity index (χ4n) is 1.50. The van der Waals surface area contributed by atoms with Crippen LogP contribution >= 0.6 is 0 Å². The van der Waals surface area contributed by atoms with Crippen LogP contribution in [0.3, 0.4) is 0 Å². The van der Waals surface area contributed by atoms with Gasteiger partial charge in [0.15, 0.2) is 0 Å². The Labute approximate surface area is 85.4 Å². The molecule has 2 aromatic rings. The zero-order valence-corrected chi connectivity index (χ0v) is 8.31. The molecule has 1 aromatic carbocycles. The first-order chi connectivity index (χ1) is 7.11. The van der Waals surface area contributed by atoms with Crippen molar-refractivity contribution >= 4 is 16.7 Å². The molecule has 0 aliphatic heterocycles. The minimum Gasteiger partial charge on any atom is -0.490 e. The van der Waals surface area contributed by atoms with Crippen LogP contribution in [0.1, 0.15) is 5.76 Å². The average molecular weight is 207 g/mol. The van der Waals surface area contributed by atoms with Crippen LogP contribution in [0.15, 0.2) is 22.6 Å². The molecule has 0 spiro atoms. The third kappa shape index (κ3) is 1.52. The molecular weight excluding hydrogens is 198 g/mol. The van der Waals surface area contributed by atoms with E-state index < -0.39 is 4.92 Å². The van der Waals surface area contributed by atoms with Crippen LogP contribution < -0.4 is 4.74 Å². The molecule has 0 unspecified atom stereocenters. The number of hydrogen-bond acceptors (Lipinski definition) is 4. The molecule has 0 amide bonds. The van der Waals surface area contributed by atoms with Crippen LogP contribution in [0.25, 0.3) is 11.0 Å². The number of methoxy groups -OCH3 is 1. The van der Waals surface area contributed by atoms with Crippen molar-refractivity contribution in [1.82, 2.24) is 0 Å². The van der Waals surface area contributed by atoms with Crippen molar-refractivity contribution in [3.05, 3.63) is 34.1 Å². The Morgan fingerprint density at radius 2 is 2.13 bits per heavy atom. The fraction of sp³-hybridized carbons (Fsp3) is 0.200. The lowest BCUT2D eigenvalue weighted by atomic mass is 10.2. The summed E-state index contributed by atoms with van der Waals surface area (Å²) in [4.78, 5) is 10.3. The Kier molecular flexibility index (Phi) is 2.07. The quantitative estimate of drug-likeness (QED) is 0.560. The fourth-order valence-corrected chi connectivity index (χ4v) is 1.50. The molecule has 0 aliphatic carbocycles. The van der Waals surface area contributed by atoms with Crippen molar-refractivity contribution in [2.75, 3.05) is 7.11 Å². The number of nitrogens with zero attached hydrogens (tertiary/aromatic N) is 1. The molecule has 0 radical (unpaired) electrons. The largest absolute Gasteiger partial charge is 0.490 e. The molecular formula is C10H9NO4. The summed E-state index contributed by atoms with van der Waals surface area (Å²) in [5.41, 5.74) is 0.542. The number of aryl methyl sites for hydroxylation is 1. The van der Waals surface area contributed by atoms with Gasteiger partial charge in [0, 0.05) is 17.5 Å². The number of ether oxygens (including phenoxy) is 1. The van der Waals surface area contributed by atoms with Crippen molar-refractivity contribution < 1.29 is 14.1 Å². The van der Waals surface area contributed by atoms with Crippen LogP contribution in [0.2, 0.25) is 0 Å². The van der Waals surface area contributed by atoms with Crippen molar-refractivity contribution in [2.45, 2.75) is 6.92 Å². The van der Waals surface area contributed by atoms with Gasteiger partial charge in [-0.05, 0) is 13.0 Å². The van der Waals surface area contributed by atoms with Gasteiger partial charge >= 0.3 is 5.69 Å². The van der Waals surface area contributed by atoms with Gasteiger partial charge in [0.2, 0.25) is 5.75 Å². The summed E-state index contributed by atoms with van der Waals surface area (Å²) in [6.07, 6.45) is 0. The zero-order chi connectivity index (χ0) is 11.0. The topological polar surface area (TPSA) is 65.5 Å². The Hall–Kier alpha value is -2.04. The highest BCUT2D eigenvalue weighted by Gasteiger charge is 2.17. The summed E-state index contributed by atoms with van der Waals surface area (Å²) >= 11 is 0. The van der Waals surface area contributed by atoms with E-state index in [1.54, 1.807) is 13.0 Å². The predicted molar refractivity (Wildman–Crippen MR) is 54.2 cm³/mol. The normalized spacial score (nSPS) is 10.5. The lowest BCUT2D eigenvalue weighted by Crippen LogP contribution is -1.92. The molecule has 0 atom stereocenters. The second-order valence-corrected chi connectivity index (χ2v) is 3.18. The molecule has 15 heavy (non-hydrogen) atoms. The maximum atomic E-state index is 10.7. The van der Waals surface area contributed by atoms with Crippen LogP contribution in [-0.2, 0) is 0 Å². The molecule has 78 valence electrons. The Morgan fingerprint density at radius 3 is 2.73 bits per heavy atom. The first-order valence-electron chi connectivity index (χ1n) is 4.34. The molecule has 0 bridgehead atoms. The summed E-state index contributed by atoms with van der Waals surface area (Å²) in [6.45, 7) is 1.79. The molecule has 5 nitrogen and oxygen atoms in total. The summed E-state index contributed by atoms with van der Waals surface area (Å²) in [5.74, 6) is 0.925. The first-order valence-corrected chi connectivity index (χ1v) is 4.34. The van der Waals surface area contributed by atoms with E-state index >= 15 is 0 Å². The van der Waals surface area contributed by atoms with E-state index in [1.165, 1.54) is 19.2 Å². The number of furan rings is 1. The summed E-state index contributed by atoms with van der Waals surface area (Å²) in [7, 11) is 1.39. The van der Waals surface area contributed by atoms with E-state index in [1.807, 2.05) is 0 Å². The van der Waals surface area contributed by atoms with E-state index in [0.717, 1.165) is 0 Å². The second kappa shape index (κ2) is 3.27. The van der Waals surface area contributed by atoms with E-state index in [4.69, 9.17) is 9.15 Å². The molecule has 0 aliphatic rings. The highest BCUT2D eigenvalue weighted by Crippen LogP contribution is 2.33. The lowest BCUT2D eigenvalue weighted by molar-refractivity contribution is -0.385. The van der Waals surface area contributed by atoms with Crippen molar-refractivity contribution in [3.8, 4) is 5.75 Å². The third-order valence-electron chi connectivity index (χ3n) is 2.14. The van der Waals surface area contributed by atoms with Gasteiger partial charge in [0.05, 0.1) is 12.0 Å². The van der Waals surface area contributed by atoms with Crippen LogP contribution in [-0.4, -0.2) is 12.0 Å². The Morgan fingerprint density at radius 1 is 1.40 bits per heavy atom. The number of fused-ring (bicyclic) bond motifs is 1. The van der Waals surface area contributed by atoms with Gasteiger partial charge in [-0.15, -0.1) is 0 Å². The van der Waals surface area contributed by atoms with E-state index in [-0.39, 0.29) is 11.4 Å². The van der Waals surface area contributed by atoms with Crippen LogP contribution in [0.5, 0.6) is 5.75 Å². The molecule has 0 saturated carbocycles. The van der Waals surface area contributed by atoms with Crippen molar-refractivity contribution in [1.29, 1.82) is 0 Å². The van der Waals surface area contributed by atoms with Crippen LogP contribution in [0.4, 0.5) is 5.69 Å². The number of hydrogen-bond donors (Lipinski definition) is 0. The molecule has 1 aromatic heterocycles. The smallest absolute Gasteiger partial charge is 0.311 e. The second-order valence-electron chi connectivity index (χ2n) is 3.18. The van der Waals surface area contributed by atoms with Gasteiger partial charge in [0.1, 0.15) is 11.3 Å². The van der Waals surface area contributed by atoms with E-state index in [2.05, 4.69) is 0 Å². The Bertz CT molecular complexity index is 529. The highest BCUT2D eigenvalue weighted by molar-refractivity contribution is 5.83. The first kappa shape index (κ1) is 9.51. The van der Waals surface area contributed by atoms with Crippen LogP contribution in [0, 0.1) is 17.0 Å². The van der Waals surface area contributed by atoms with Crippen molar-refractivity contribution in [3.63, 3.8) is 0 Å². The Balaban J connectivity index is 2.73. The predicted octanol–water partition coefficient (Wildman–Crippen LogP) is 2.66. The monoisotopic (exact) mass is 207 g/mol. The molecule has 0 saturated heterocycles. The summed E-state index contributed by atoms with van der Waals surface area (Å²) in [6, 6.07) is 4.73. The minimum absolute atomic E-state index is 0.0502. The third-order valence-corrected chi connectivity index (χ3v) is 2.14. The minimum atomic E-state index is -0.472. The molecule has 0 fully saturated rings. The SMILES string of the molecule is COc1cc2oc(C)cc2cc1[N+](=O)[O-]. The lowest BCUT2D eigenvalue weighted by Gasteiger charge is -2.00. The number of nitro benzene ring substituents is 1. The summed E-state index contributed by atoms with van der Waals surface area (Å²) in [5, 5.41) is 11.4. The van der Waals surface area contributed by atoms with Gasteiger partial charge in [-0.2, -0.15) is 0 Å². The van der Waals surface area contributed by atoms with Gasteiger partial charge in [0.25, 0.3) is 0 Å². The standard InChI is InChI=1S/C10H9NO4/c1-6-3-7-4-8(11(12)13)10(14-2)5-9(7)15-6/h3-5H,1-2H3. The molecule has 2 rings (SSSR count). The molecule has 0 N–H and O–H groups in total. The molecule has 1 heterocycles. The average Bonchev–Trinajstić information content (AvgIpc) is 2.54. The van der Waals surface area contributed by atoms with Gasteiger partial charge in [-0.1, -0.05) is 0 Å². The van der Waals surface area contributed by atoms with Gasteiger partial charge < -0.3 is 9.15 Å². The number of nitro groups is 1. The maximum absolute atomic E-state index is 10.7. The molecule has 5 heteroatoms. The van der Waals surface area contributed by atoms with Gasteiger partial charge in [-0.25, -0.2) is 0 Å². The number of rotatable bonds is 2. The highest BCUT2D eigenvalue weighted by atomic mass is 16.6. The van der Waals surface area contributed by atoms with E-state index in [9.17, 15) is 10.1 Å². The summed E-state index contributed by atoms with van der Waals surface area (Å²) < 4.78 is 10.3. The van der Waals surface area contributed by atoms with Gasteiger partial charge in [-0.3, -0.25) is 10.1 Å². The maximum Gasteiger partial charge on any atom is 0.311 e.